The standard InChI is InChI=1S/C17H11Cl2N3S/c18-14-7-4-8-15(19)16(14)22-17(13(9-20)10-21)23-11-12-5-2-1-3-6-12/h1-8,22H,11H2. The highest BCUT2D eigenvalue weighted by molar-refractivity contribution is 8.02. The van der Waals surface area contributed by atoms with Crippen molar-refractivity contribution in [3.05, 3.63) is 74.7 Å². The minimum absolute atomic E-state index is 0.0121. The monoisotopic (exact) mass is 359 g/mol. The fourth-order valence-corrected chi connectivity index (χ4v) is 3.16. The number of nitrogens with zero attached hydrogens (tertiary/aromatic N) is 2. The van der Waals surface area contributed by atoms with Crippen LogP contribution in [0.5, 0.6) is 0 Å². The SMILES string of the molecule is N#CC(C#N)=C(Nc1c(Cl)cccc1Cl)SCc1ccccc1. The molecule has 0 heterocycles. The predicted molar refractivity (Wildman–Crippen MR) is 96.1 cm³/mol. The third-order valence-corrected chi connectivity index (χ3v) is 4.58. The van der Waals surface area contributed by atoms with Crippen molar-refractivity contribution >= 4 is 40.7 Å². The number of anilines is 1. The van der Waals surface area contributed by atoms with Crippen LogP contribution in [0.4, 0.5) is 5.69 Å². The summed E-state index contributed by atoms with van der Waals surface area (Å²) in [7, 11) is 0. The maximum Gasteiger partial charge on any atom is 0.159 e. The summed E-state index contributed by atoms with van der Waals surface area (Å²) in [5.74, 6) is 0.609. The van der Waals surface area contributed by atoms with Gasteiger partial charge in [-0.1, -0.05) is 59.6 Å². The van der Waals surface area contributed by atoms with E-state index >= 15 is 0 Å². The lowest BCUT2D eigenvalue weighted by Gasteiger charge is -2.13. The number of para-hydroxylation sites is 1. The van der Waals surface area contributed by atoms with Crippen LogP contribution in [0.25, 0.3) is 0 Å². The van der Waals surface area contributed by atoms with Crippen LogP contribution in [-0.2, 0) is 5.75 Å². The van der Waals surface area contributed by atoms with Crippen molar-refractivity contribution in [2.75, 3.05) is 5.32 Å². The van der Waals surface area contributed by atoms with Gasteiger partial charge in [-0.15, -0.1) is 11.8 Å². The topological polar surface area (TPSA) is 59.6 Å². The quantitative estimate of drug-likeness (QED) is 0.706. The van der Waals surface area contributed by atoms with Crippen molar-refractivity contribution in [2.24, 2.45) is 0 Å². The van der Waals surface area contributed by atoms with Crippen molar-refractivity contribution in [3.63, 3.8) is 0 Å². The molecule has 0 fully saturated rings. The third-order valence-electron chi connectivity index (χ3n) is 2.88. The highest BCUT2D eigenvalue weighted by Gasteiger charge is 2.12. The molecule has 1 N–H and O–H groups in total. The molecule has 0 bridgehead atoms. The van der Waals surface area contributed by atoms with Gasteiger partial charge in [0.05, 0.1) is 15.7 Å². The first-order chi connectivity index (χ1) is 11.2. The molecule has 3 nitrogen and oxygen atoms in total. The number of hydrogen-bond donors (Lipinski definition) is 1. The molecule has 0 saturated heterocycles. The zero-order valence-corrected chi connectivity index (χ0v) is 14.2. The van der Waals surface area contributed by atoms with E-state index in [2.05, 4.69) is 5.32 Å². The molecule has 2 rings (SSSR count). The van der Waals surface area contributed by atoms with Gasteiger partial charge < -0.3 is 5.32 Å². The van der Waals surface area contributed by atoms with E-state index in [0.717, 1.165) is 5.56 Å². The number of nitriles is 2. The van der Waals surface area contributed by atoms with Crippen molar-refractivity contribution in [2.45, 2.75) is 5.75 Å². The molecule has 0 saturated carbocycles. The molecule has 0 unspecified atom stereocenters. The average Bonchev–Trinajstić information content (AvgIpc) is 2.57. The van der Waals surface area contributed by atoms with Gasteiger partial charge in [0, 0.05) is 5.75 Å². The second-order valence-electron chi connectivity index (χ2n) is 4.42. The molecule has 0 spiro atoms. The fourth-order valence-electron chi connectivity index (χ4n) is 1.76. The first kappa shape index (κ1) is 17.2. The predicted octanol–water partition coefficient (Wildman–Crippen LogP) is 5.60. The largest absolute Gasteiger partial charge is 0.346 e. The Bertz CT molecular complexity index is 769. The van der Waals surface area contributed by atoms with Crippen LogP contribution >= 0.6 is 35.0 Å². The summed E-state index contributed by atoms with van der Waals surface area (Å²) in [6.07, 6.45) is 0. The Morgan fingerprint density at radius 2 is 1.57 bits per heavy atom. The second kappa shape index (κ2) is 8.50. The highest BCUT2D eigenvalue weighted by atomic mass is 35.5. The van der Waals surface area contributed by atoms with Gasteiger partial charge in [-0.2, -0.15) is 10.5 Å². The Kier molecular flexibility index (Phi) is 6.38. The van der Waals surface area contributed by atoms with Gasteiger partial charge in [0.15, 0.2) is 5.57 Å². The van der Waals surface area contributed by atoms with Crippen molar-refractivity contribution in [3.8, 4) is 12.1 Å². The maximum absolute atomic E-state index is 9.16. The zero-order chi connectivity index (χ0) is 16.7. The van der Waals surface area contributed by atoms with Crippen molar-refractivity contribution < 1.29 is 0 Å². The molecular formula is C17H11Cl2N3S. The van der Waals surface area contributed by atoms with Crippen LogP contribution in [0.3, 0.4) is 0 Å². The lowest BCUT2D eigenvalue weighted by Crippen LogP contribution is -2.01. The molecule has 23 heavy (non-hydrogen) atoms. The Balaban J connectivity index is 2.28. The Labute approximate surface area is 149 Å². The van der Waals surface area contributed by atoms with Crippen LogP contribution in [0, 0.1) is 22.7 Å². The molecule has 0 radical (unpaired) electrons. The molecule has 0 aliphatic carbocycles. The number of benzene rings is 2. The first-order valence-electron chi connectivity index (χ1n) is 6.58. The number of rotatable bonds is 5. The Morgan fingerprint density at radius 1 is 0.957 bits per heavy atom. The summed E-state index contributed by atoms with van der Waals surface area (Å²) in [5, 5.41) is 22.6. The van der Waals surface area contributed by atoms with E-state index in [-0.39, 0.29) is 5.57 Å². The third kappa shape index (κ3) is 4.68. The van der Waals surface area contributed by atoms with E-state index < -0.39 is 0 Å². The number of halogens is 2. The van der Waals surface area contributed by atoms with Crippen LogP contribution in [0.15, 0.2) is 59.1 Å². The number of hydrogen-bond acceptors (Lipinski definition) is 4. The fraction of sp³-hybridized carbons (Fsp3) is 0.0588. The molecule has 2 aromatic rings. The van der Waals surface area contributed by atoms with Gasteiger partial charge in [0.1, 0.15) is 17.2 Å². The van der Waals surface area contributed by atoms with E-state index in [1.807, 2.05) is 42.5 Å². The van der Waals surface area contributed by atoms with Crippen molar-refractivity contribution in [1.29, 1.82) is 10.5 Å². The van der Waals surface area contributed by atoms with Crippen LogP contribution in [-0.4, -0.2) is 0 Å². The van der Waals surface area contributed by atoms with Crippen LogP contribution in [0.1, 0.15) is 5.56 Å². The lowest BCUT2D eigenvalue weighted by molar-refractivity contribution is 1.40. The Hall–Kier alpha value is -2.11. The lowest BCUT2D eigenvalue weighted by atomic mass is 10.2. The van der Waals surface area contributed by atoms with Crippen LogP contribution in [0.2, 0.25) is 10.0 Å². The second-order valence-corrected chi connectivity index (χ2v) is 6.22. The molecule has 0 atom stereocenters. The summed E-state index contributed by atoms with van der Waals surface area (Å²) < 4.78 is 0. The first-order valence-corrected chi connectivity index (χ1v) is 8.32. The smallest absolute Gasteiger partial charge is 0.159 e. The molecule has 0 aliphatic rings. The molecule has 0 amide bonds. The van der Waals surface area contributed by atoms with Crippen LogP contribution < -0.4 is 5.32 Å². The molecule has 6 heteroatoms. The van der Waals surface area contributed by atoms with E-state index in [1.54, 1.807) is 18.2 Å². The number of thioether (sulfide) groups is 1. The van der Waals surface area contributed by atoms with Gasteiger partial charge in [0.25, 0.3) is 0 Å². The maximum atomic E-state index is 9.16. The van der Waals surface area contributed by atoms with Gasteiger partial charge >= 0.3 is 0 Å². The summed E-state index contributed by atoms with van der Waals surface area (Å²) in [6.45, 7) is 0. The van der Waals surface area contributed by atoms with Gasteiger partial charge in [0.2, 0.25) is 0 Å². The van der Waals surface area contributed by atoms with E-state index in [9.17, 15) is 0 Å². The summed E-state index contributed by atoms with van der Waals surface area (Å²) in [5.41, 5.74) is 1.55. The van der Waals surface area contributed by atoms with E-state index in [0.29, 0.717) is 26.5 Å². The van der Waals surface area contributed by atoms with Gasteiger partial charge in [-0.25, -0.2) is 0 Å². The normalized spacial score (nSPS) is 9.57. The zero-order valence-electron chi connectivity index (χ0n) is 11.9. The molecule has 0 aromatic heterocycles. The highest BCUT2D eigenvalue weighted by Crippen LogP contribution is 2.34. The summed E-state index contributed by atoms with van der Waals surface area (Å²) in [6, 6.07) is 18.7. The molecule has 0 aliphatic heterocycles. The van der Waals surface area contributed by atoms with E-state index in [1.165, 1.54) is 11.8 Å². The van der Waals surface area contributed by atoms with Gasteiger partial charge in [-0.05, 0) is 17.7 Å². The van der Waals surface area contributed by atoms with Gasteiger partial charge in [-0.3, -0.25) is 0 Å². The van der Waals surface area contributed by atoms with Crippen molar-refractivity contribution in [1.82, 2.24) is 0 Å². The summed E-state index contributed by atoms with van der Waals surface area (Å²) in [4.78, 5) is 0. The Morgan fingerprint density at radius 3 is 2.13 bits per heavy atom. The van der Waals surface area contributed by atoms with E-state index in [4.69, 9.17) is 33.7 Å². The summed E-state index contributed by atoms with van der Waals surface area (Å²) >= 11 is 13.6. The minimum Gasteiger partial charge on any atom is -0.346 e. The molecule has 114 valence electrons. The molecular weight excluding hydrogens is 349 g/mol. The number of allylic oxidation sites excluding steroid dienone is 1. The average molecular weight is 360 g/mol. The minimum atomic E-state index is -0.0121. The molecule has 2 aromatic carbocycles. The number of nitrogens with one attached hydrogen (secondary N) is 1.